The maximum absolute atomic E-state index is 11.0. The molecule has 0 saturated carbocycles. The number of imidazole rings is 1. The summed E-state index contributed by atoms with van der Waals surface area (Å²) in [4.78, 5) is 18.0. The average Bonchev–Trinajstić information content (AvgIpc) is 2.64. The number of hydrogen-bond donors (Lipinski definition) is 3. The van der Waals surface area contributed by atoms with Crippen molar-refractivity contribution < 1.29 is 4.79 Å². The number of rotatable bonds is 2. The zero-order chi connectivity index (χ0) is 9.97. The lowest BCUT2D eigenvalue weighted by Gasteiger charge is -2.02. The molecule has 0 bridgehead atoms. The Morgan fingerprint density at radius 2 is 2.43 bits per heavy atom. The third kappa shape index (κ3) is 1.57. The number of carbonyl (C=O) groups is 1. The third-order valence-electron chi connectivity index (χ3n) is 1.89. The summed E-state index contributed by atoms with van der Waals surface area (Å²) in [5.74, 6) is -0.205. The molecule has 0 radical (unpaired) electrons. The first-order valence-electron chi connectivity index (χ1n) is 4.22. The van der Waals surface area contributed by atoms with Crippen molar-refractivity contribution in [1.82, 2.24) is 9.97 Å². The Labute approximate surface area is 80.3 Å². The van der Waals surface area contributed by atoms with Gasteiger partial charge in [-0.3, -0.25) is 4.79 Å². The zero-order valence-electron chi connectivity index (χ0n) is 7.45. The number of hydrogen-bond acceptors (Lipinski definition) is 3. The van der Waals surface area contributed by atoms with Gasteiger partial charge in [-0.15, -0.1) is 0 Å². The van der Waals surface area contributed by atoms with Gasteiger partial charge >= 0.3 is 0 Å². The summed E-state index contributed by atoms with van der Waals surface area (Å²) in [6, 6.07) is 5.44. The maximum atomic E-state index is 11.0. The van der Waals surface area contributed by atoms with Gasteiger partial charge in [-0.25, -0.2) is 4.98 Å². The van der Waals surface area contributed by atoms with E-state index in [0.29, 0.717) is 0 Å². The standard InChI is InChI=1S/C9H10N4O/c10-4-9(14)13-6-1-2-7-8(3-6)12-5-11-7/h1-3,5H,4,10H2,(H,11,12)(H,13,14). The van der Waals surface area contributed by atoms with Crippen molar-refractivity contribution in [2.45, 2.75) is 0 Å². The van der Waals surface area contributed by atoms with Gasteiger partial charge in [-0.05, 0) is 18.2 Å². The molecule has 1 heterocycles. The van der Waals surface area contributed by atoms with E-state index < -0.39 is 0 Å². The van der Waals surface area contributed by atoms with E-state index in [4.69, 9.17) is 5.73 Å². The van der Waals surface area contributed by atoms with Gasteiger partial charge < -0.3 is 16.0 Å². The number of amides is 1. The number of nitrogens with zero attached hydrogens (tertiary/aromatic N) is 1. The van der Waals surface area contributed by atoms with Gasteiger partial charge in [0.15, 0.2) is 0 Å². The number of carbonyl (C=O) groups excluding carboxylic acids is 1. The smallest absolute Gasteiger partial charge is 0.238 e. The minimum atomic E-state index is -0.205. The summed E-state index contributed by atoms with van der Waals surface area (Å²) in [7, 11) is 0. The lowest BCUT2D eigenvalue weighted by atomic mass is 10.3. The van der Waals surface area contributed by atoms with Crippen molar-refractivity contribution in [3.05, 3.63) is 24.5 Å². The Balaban J connectivity index is 2.30. The number of fused-ring (bicyclic) bond motifs is 1. The van der Waals surface area contributed by atoms with Crippen LogP contribution in [0.15, 0.2) is 24.5 Å². The number of anilines is 1. The third-order valence-corrected chi connectivity index (χ3v) is 1.89. The number of aromatic amines is 1. The van der Waals surface area contributed by atoms with Crippen LogP contribution in [0.2, 0.25) is 0 Å². The first-order chi connectivity index (χ1) is 6.79. The van der Waals surface area contributed by atoms with Crippen LogP contribution in [0.3, 0.4) is 0 Å². The van der Waals surface area contributed by atoms with Crippen LogP contribution in [-0.4, -0.2) is 22.4 Å². The molecule has 5 nitrogen and oxygen atoms in total. The van der Waals surface area contributed by atoms with E-state index in [0.717, 1.165) is 16.7 Å². The predicted octanol–water partition coefficient (Wildman–Crippen LogP) is 0.460. The summed E-state index contributed by atoms with van der Waals surface area (Å²) in [5, 5.41) is 2.66. The Hall–Kier alpha value is -1.88. The SMILES string of the molecule is NCC(=O)Nc1ccc2nc[nH]c2c1. The van der Waals surface area contributed by atoms with Gasteiger partial charge in [-0.2, -0.15) is 0 Å². The van der Waals surface area contributed by atoms with Crippen molar-refractivity contribution >= 4 is 22.6 Å². The van der Waals surface area contributed by atoms with E-state index in [1.807, 2.05) is 12.1 Å². The van der Waals surface area contributed by atoms with Gasteiger partial charge in [0.2, 0.25) is 5.91 Å². The van der Waals surface area contributed by atoms with Crippen LogP contribution < -0.4 is 11.1 Å². The van der Waals surface area contributed by atoms with Crippen molar-refractivity contribution in [2.24, 2.45) is 5.73 Å². The van der Waals surface area contributed by atoms with Crippen molar-refractivity contribution in [3.8, 4) is 0 Å². The van der Waals surface area contributed by atoms with E-state index in [1.165, 1.54) is 0 Å². The Morgan fingerprint density at radius 1 is 1.57 bits per heavy atom. The van der Waals surface area contributed by atoms with E-state index in [2.05, 4.69) is 15.3 Å². The molecule has 1 amide bonds. The van der Waals surface area contributed by atoms with Crippen LogP contribution in [0.1, 0.15) is 0 Å². The highest BCUT2D eigenvalue weighted by atomic mass is 16.1. The normalized spacial score (nSPS) is 10.4. The molecule has 0 atom stereocenters. The fraction of sp³-hybridized carbons (Fsp3) is 0.111. The topological polar surface area (TPSA) is 83.8 Å². The average molecular weight is 190 g/mol. The molecule has 5 heteroatoms. The number of nitrogens with two attached hydrogens (primary N) is 1. The zero-order valence-corrected chi connectivity index (χ0v) is 7.45. The second-order valence-corrected chi connectivity index (χ2v) is 2.89. The molecule has 0 fully saturated rings. The molecule has 0 unspecified atom stereocenters. The molecule has 0 aliphatic heterocycles. The molecule has 0 saturated heterocycles. The summed E-state index contributed by atoms with van der Waals surface area (Å²) >= 11 is 0. The number of H-pyrrole nitrogens is 1. The Morgan fingerprint density at radius 3 is 3.21 bits per heavy atom. The molecule has 0 aliphatic rings. The molecular weight excluding hydrogens is 180 g/mol. The Kier molecular flexibility index (Phi) is 2.16. The highest BCUT2D eigenvalue weighted by molar-refractivity contribution is 5.94. The summed E-state index contributed by atoms with van der Waals surface area (Å²) in [6.45, 7) is -0.0129. The fourth-order valence-electron chi connectivity index (χ4n) is 1.23. The van der Waals surface area contributed by atoms with Crippen molar-refractivity contribution in [2.75, 3.05) is 11.9 Å². The molecule has 72 valence electrons. The first kappa shape index (κ1) is 8.71. The summed E-state index contributed by atoms with van der Waals surface area (Å²) in [5.41, 5.74) is 7.66. The van der Waals surface area contributed by atoms with Crippen molar-refractivity contribution in [1.29, 1.82) is 0 Å². The number of nitrogens with one attached hydrogen (secondary N) is 2. The molecule has 1 aromatic heterocycles. The minimum absolute atomic E-state index is 0.0129. The molecule has 0 aliphatic carbocycles. The highest BCUT2D eigenvalue weighted by Crippen LogP contribution is 2.15. The summed E-state index contributed by atoms with van der Waals surface area (Å²) in [6.07, 6.45) is 1.61. The van der Waals surface area contributed by atoms with Crippen LogP contribution in [0.5, 0.6) is 0 Å². The molecular formula is C9H10N4O. The number of aromatic nitrogens is 2. The second-order valence-electron chi connectivity index (χ2n) is 2.89. The second kappa shape index (κ2) is 3.47. The molecule has 2 aromatic rings. The van der Waals surface area contributed by atoms with E-state index in [-0.39, 0.29) is 12.5 Å². The Bertz CT molecular complexity index is 463. The van der Waals surface area contributed by atoms with Crippen LogP contribution in [0.4, 0.5) is 5.69 Å². The van der Waals surface area contributed by atoms with Crippen LogP contribution in [0.25, 0.3) is 11.0 Å². The van der Waals surface area contributed by atoms with E-state index >= 15 is 0 Å². The lowest BCUT2D eigenvalue weighted by Crippen LogP contribution is -2.21. The van der Waals surface area contributed by atoms with Gasteiger partial charge in [0.25, 0.3) is 0 Å². The first-order valence-corrected chi connectivity index (χ1v) is 4.22. The van der Waals surface area contributed by atoms with Gasteiger partial charge in [-0.1, -0.05) is 0 Å². The van der Waals surface area contributed by atoms with Crippen LogP contribution >= 0.6 is 0 Å². The minimum Gasteiger partial charge on any atom is -0.345 e. The highest BCUT2D eigenvalue weighted by Gasteiger charge is 2.01. The van der Waals surface area contributed by atoms with Crippen LogP contribution in [0, 0.1) is 0 Å². The van der Waals surface area contributed by atoms with Crippen molar-refractivity contribution in [3.63, 3.8) is 0 Å². The van der Waals surface area contributed by atoms with Gasteiger partial charge in [0, 0.05) is 5.69 Å². The lowest BCUT2D eigenvalue weighted by molar-refractivity contribution is -0.114. The molecule has 2 rings (SSSR count). The maximum Gasteiger partial charge on any atom is 0.238 e. The molecule has 0 spiro atoms. The molecule has 4 N–H and O–H groups in total. The molecule has 14 heavy (non-hydrogen) atoms. The van der Waals surface area contributed by atoms with Crippen LogP contribution in [-0.2, 0) is 4.79 Å². The fourth-order valence-corrected chi connectivity index (χ4v) is 1.23. The predicted molar refractivity (Wildman–Crippen MR) is 53.8 cm³/mol. The quantitative estimate of drug-likeness (QED) is 0.643. The monoisotopic (exact) mass is 190 g/mol. The van der Waals surface area contributed by atoms with Gasteiger partial charge in [0.05, 0.1) is 23.9 Å². The van der Waals surface area contributed by atoms with Gasteiger partial charge in [0.1, 0.15) is 0 Å². The van der Waals surface area contributed by atoms with E-state index in [1.54, 1.807) is 12.4 Å². The summed E-state index contributed by atoms with van der Waals surface area (Å²) < 4.78 is 0. The number of benzene rings is 1. The molecule has 1 aromatic carbocycles. The largest absolute Gasteiger partial charge is 0.345 e. The van der Waals surface area contributed by atoms with E-state index in [9.17, 15) is 4.79 Å².